The lowest BCUT2D eigenvalue weighted by Gasteiger charge is -1.92. The molecule has 0 atom stereocenters. The molecule has 0 aliphatic rings. The van der Waals surface area contributed by atoms with Gasteiger partial charge in [0.1, 0.15) is 5.82 Å². The molecule has 1 aromatic heterocycles. The van der Waals surface area contributed by atoms with Gasteiger partial charge in [-0.3, -0.25) is 0 Å². The van der Waals surface area contributed by atoms with Crippen LogP contribution >= 0.6 is 0 Å². The Hall–Kier alpha value is -2.24. The molecule has 0 fully saturated rings. The van der Waals surface area contributed by atoms with Crippen molar-refractivity contribution in [1.29, 1.82) is 0 Å². The maximum absolute atomic E-state index is 12.9. The molecule has 2 aromatic rings. The molecule has 82 valence electrons. The van der Waals surface area contributed by atoms with E-state index < -0.39 is 11.8 Å². The summed E-state index contributed by atoms with van der Waals surface area (Å²) in [5, 5.41) is 3.41. The highest BCUT2D eigenvalue weighted by molar-refractivity contribution is 5.85. The van der Waals surface area contributed by atoms with Gasteiger partial charge in [-0.1, -0.05) is 6.07 Å². The van der Waals surface area contributed by atoms with Gasteiger partial charge >= 0.3 is 5.97 Å². The van der Waals surface area contributed by atoms with Gasteiger partial charge in [0.05, 0.1) is 7.11 Å². The summed E-state index contributed by atoms with van der Waals surface area (Å²) in [4.78, 5) is 14.8. The van der Waals surface area contributed by atoms with E-state index in [2.05, 4.69) is 14.9 Å². The molecular formula is C10H7FN2O3. The third-order valence-electron chi connectivity index (χ3n) is 1.87. The maximum Gasteiger partial charge on any atom is 0.379 e. The standard InChI is InChI=1S/C10H7FN2O3/c1-15-10(14)8-12-9(16-13-8)6-3-2-4-7(11)5-6/h2-5H,1H3. The fourth-order valence-electron chi connectivity index (χ4n) is 1.14. The third-order valence-corrected chi connectivity index (χ3v) is 1.87. The van der Waals surface area contributed by atoms with Crippen molar-refractivity contribution in [3.8, 4) is 11.5 Å². The van der Waals surface area contributed by atoms with Crippen molar-refractivity contribution in [2.75, 3.05) is 7.11 Å². The van der Waals surface area contributed by atoms with Gasteiger partial charge in [-0.15, -0.1) is 0 Å². The van der Waals surface area contributed by atoms with Crippen LogP contribution in [0.3, 0.4) is 0 Å². The van der Waals surface area contributed by atoms with Crippen LogP contribution in [0.5, 0.6) is 0 Å². The van der Waals surface area contributed by atoms with Crippen LogP contribution in [-0.2, 0) is 4.74 Å². The molecule has 0 unspecified atom stereocenters. The number of carbonyl (C=O) groups excluding carboxylic acids is 1. The molecule has 0 spiro atoms. The minimum atomic E-state index is -0.702. The Kier molecular flexibility index (Phi) is 2.63. The predicted molar refractivity (Wildman–Crippen MR) is 51.0 cm³/mol. The van der Waals surface area contributed by atoms with E-state index in [9.17, 15) is 9.18 Å². The van der Waals surface area contributed by atoms with Crippen molar-refractivity contribution in [1.82, 2.24) is 10.1 Å². The Labute approximate surface area is 89.8 Å². The summed E-state index contributed by atoms with van der Waals surface area (Å²) in [5.41, 5.74) is 0.405. The molecule has 6 heteroatoms. The van der Waals surface area contributed by atoms with Crippen molar-refractivity contribution in [3.05, 3.63) is 35.9 Å². The Morgan fingerprint density at radius 3 is 3.00 bits per heavy atom. The van der Waals surface area contributed by atoms with Gasteiger partial charge in [0, 0.05) is 5.56 Å². The van der Waals surface area contributed by atoms with Crippen LogP contribution < -0.4 is 0 Å². The lowest BCUT2D eigenvalue weighted by Crippen LogP contribution is -2.03. The molecule has 2 rings (SSSR count). The van der Waals surface area contributed by atoms with Crippen LogP contribution in [0, 0.1) is 5.82 Å². The number of hydrogen-bond donors (Lipinski definition) is 0. The lowest BCUT2D eigenvalue weighted by atomic mass is 10.2. The quantitative estimate of drug-likeness (QED) is 0.723. The zero-order valence-electron chi connectivity index (χ0n) is 8.31. The second kappa shape index (κ2) is 4.09. The minimum absolute atomic E-state index is 0.0694. The Bertz CT molecular complexity index is 524. The summed E-state index contributed by atoms with van der Waals surface area (Å²) in [6.45, 7) is 0. The molecule has 1 heterocycles. The highest BCUT2D eigenvalue weighted by Gasteiger charge is 2.15. The molecular weight excluding hydrogens is 215 g/mol. The number of rotatable bonds is 2. The molecule has 0 saturated carbocycles. The molecule has 0 amide bonds. The van der Waals surface area contributed by atoms with Crippen molar-refractivity contribution in [3.63, 3.8) is 0 Å². The number of carbonyl (C=O) groups is 1. The van der Waals surface area contributed by atoms with E-state index in [0.717, 1.165) is 0 Å². The summed E-state index contributed by atoms with van der Waals surface area (Å²) in [6.07, 6.45) is 0. The first-order chi connectivity index (χ1) is 7.70. The summed E-state index contributed by atoms with van der Waals surface area (Å²) in [5.74, 6) is -1.25. The summed E-state index contributed by atoms with van der Waals surface area (Å²) in [6, 6.07) is 5.62. The zero-order valence-corrected chi connectivity index (χ0v) is 8.31. The Morgan fingerprint density at radius 2 is 2.31 bits per heavy atom. The van der Waals surface area contributed by atoms with Gasteiger partial charge in [-0.2, -0.15) is 4.98 Å². The van der Waals surface area contributed by atoms with Crippen LogP contribution in [-0.4, -0.2) is 23.2 Å². The molecule has 0 N–H and O–H groups in total. The van der Waals surface area contributed by atoms with Gasteiger partial charge in [-0.25, -0.2) is 9.18 Å². The van der Waals surface area contributed by atoms with E-state index in [1.807, 2.05) is 0 Å². The Balaban J connectivity index is 2.35. The number of nitrogens with zero attached hydrogens (tertiary/aromatic N) is 2. The van der Waals surface area contributed by atoms with Gasteiger partial charge in [0.15, 0.2) is 0 Å². The van der Waals surface area contributed by atoms with Crippen molar-refractivity contribution >= 4 is 5.97 Å². The number of aromatic nitrogens is 2. The highest BCUT2D eigenvalue weighted by Crippen LogP contribution is 2.17. The molecule has 0 aliphatic heterocycles. The van der Waals surface area contributed by atoms with Gasteiger partial charge in [0.2, 0.25) is 0 Å². The monoisotopic (exact) mass is 222 g/mol. The van der Waals surface area contributed by atoms with Crippen molar-refractivity contribution in [2.45, 2.75) is 0 Å². The summed E-state index contributed by atoms with van der Waals surface area (Å²) >= 11 is 0. The van der Waals surface area contributed by atoms with Crippen LogP contribution in [0.15, 0.2) is 28.8 Å². The number of halogens is 1. The predicted octanol–water partition coefficient (Wildman–Crippen LogP) is 1.66. The highest BCUT2D eigenvalue weighted by atomic mass is 19.1. The summed E-state index contributed by atoms with van der Waals surface area (Å²) < 4.78 is 22.1. The second-order valence-corrected chi connectivity index (χ2v) is 2.93. The van der Waals surface area contributed by atoms with E-state index in [4.69, 9.17) is 4.52 Å². The van der Waals surface area contributed by atoms with E-state index in [1.165, 1.54) is 25.3 Å². The normalized spacial score (nSPS) is 10.1. The maximum atomic E-state index is 12.9. The van der Waals surface area contributed by atoms with Gasteiger partial charge in [0.25, 0.3) is 11.7 Å². The molecule has 16 heavy (non-hydrogen) atoms. The van der Waals surface area contributed by atoms with Crippen LogP contribution in [0.1, 0.15) is 10.6 Å². The number of esters is 1. The minimum Gasteiger partial charge on any atom is -0.463 e. The first kappa shape index (κ1) is 10.3. The average Bonchev–Trinajstić information content (AvgIpc) is 2.77. The van der Waals surface area contributed by atoms with E-state index in [1.54, 1.807) is 6.07 Å². The molecule has 0 radical (unpaired) electrons. The SMILES string of the molecule is COC(=O)c1noc(-c2cccc(F)c2)n1. The molecule has 0 aliphatic carbocycles. The van der Waals surface area contributed by atoms with E-state index in [-0.39, 0.29) is 11.7 Å². The smallest absolute Gasteiger partial charge is 0.379 e. The number of ether oxygens (including phenoxy) is 1. The fourth-order valence-corrected chi connectivity index (χ4v) is 1.14. The molecule has 0 bridgehead atoms. The lowest BCUT2D eigenvalue weighted by molar-refractivity contribution is 0.0583. The third kappa shape index (κ3) is 1.90. The summed E-state index contributed by atoms with van der Waals surface area (Å²) in [7, 11) is 1.21. The van der Waals surface area contributed by atoms with Crippen molar-refractivity contribution in [2.24, 2.45) is 0 Å². The van der Waals surface area contributed by atoms with Gasteiger partial charge < -0.3 is 9.26 Å². The number of benzene rings is 1. The molecule has 5 nitrogen and oxygen atoms in total. The first-order valence-corrected chi connectivity index (χ1v) is 4.38. The number of hydrogen-bond acceptors (Lipinski definition) is 5. The van der Waals surface area contributed by atoms with Crippen LogP contribution in [0.2, 0.25) is 0 Å². The van der Waals surface area contributed by atoms with E-state index in [0.29, 0.717) is 5.56 Å². The Morgan fingerprint density at radius 1 is 1.50 bits per heavy atom. The average molecular weight is 222 g/mol. The number of methoxy groups -OCH3 is 1. The van der Waals surface area contributed by atoms with Crippen molar-refractivity contribution < 1.29 is 18.4 Å². The zero-order chi connectivity index (χ0) is 11.5. The van der Waals surface area contributed by atoms with Gasteiger partial charge in [-0.05, 0) is 23.4 Å². The fraction of sp³-hybridized carbons (Fsp3) is 0.100. The van der Waals surface area contributed by atoms with E-state index >= 15 is 0 Å². The molecule has 1 aromatic carbocycles. The van der Waals surface area contributed by atoms with Crippen LogP contribution in [0.4, 0.5) is 4.39 Å². The second-order valence-electron chi connectivity index (χ2n) is 2.93. The molecule has 0 saturated heterocycles. The van der Waals surface area contributed by atoms with Crippen LogP contribution in [0.25, 0.3) is 11.5 Å². The topological polar surface area (TPSA) is 65.2 Å². The first-order valence-electron chi connectivity index (χ1n) is 4.38. The largest absolute Gasteiger partial charge is 0.463 e.